The Balaban J connectivity index is 1.69. The maximum atomic E-state index is 12.2. The molecule has 0 saturated heterocycles. The average Bonchev–Trinajstić information content (AvgIpc) is 2.77. The first-order chi connectivity index (χ1) is 10.8. The minimum atomic E-state index is -0.559. The van der Waals surface area contributed by atoms with Crippen LogP contribution in [-0.4, -0.2) is 22.8 Å². The molecule has 4 saturated carbocycles. The number of carbonyl (C=O) groups excluding carboxylic acids is 2. The van der Waals surface area contributed by atoms with Gasteiger partial charge in [-0.2, -0.15) is 0 Å². The maximum Gasteiger partial charge on any atom is 0.133 e. The lowest BCUT2D eigenvalue weighted by molar-refractivity contribution is -0.161. The highest BCUT2D eigenvalue weighted by Gasteiger charge is 2.64. The van der Waals surface area contributed by atoms with Gasteiger partial charge in [0.2, 0.25) is 0 Å². The molecule has 0 aromatic carbocycles. The predicted octanol–water partition coefficient (Wildman–Crippen LogP) is 3.53. The van der Waals surface area contributed by atoms with Crippen molar-refractivity contribution in [2.75, 3.05) is 0 Å². The topological polar surface area (TPSA) is 54.4 Å². The molecule has 0 spiro atoms. The summed E-state index contributed by atoms with van der Waals surface area (Å²) in [6, 6.07) is 0. The van der Waals surface area contributed by atoms with E-state index in [9.17, 15) is 14.7 Å². The summed E-state index contributed by atoms with van der Waals surface area (Å²) in [4.78, 5) is 24.1. The summed E-state index contributed by atoms with van der Waals surface area (Å²) >= 11 is 0. The monoisotopic (exact) mass is 318 g/mol. The van der Waals surface area contributed by atoms with Gasteiger partial charge in [-0.05, 0) is 81.0 Å². The first kappa shape index (κ1) is 15.8. The van der Waals surface area contributed by atoms with Crippen LogP contribution in [0.5, 0.6) is 0 Å². The largest absolute Gasteiger partial charge is 0.390 e. The molecular formula is C20H30O3. The third-order valence-electron chi connectivity index (χ3n) is 8.83. The summed E-state index contributed by atoms with van der Waals surface area (Å²) in [6.45, 7) is 4.30. The summed E-state index contributed by atoms with van der Waals surface area (Å²) in [5.74, 6) is 2.20. The predicted molar refractivity (Wildman–Crippen MR) is 87.7 cm³/mol. The van der Waals surface area contributed by atoms with Crippen molar-refractivity contribution in [1.29, 1.82) is 0 Å². The van der Waals surface area contributed by atoms with Crippen LogP contribution in [0, 0.1) is 34.5 Å². The molecule has 0 amide bonds. The van der Waals surface area contributed by atoms with E-state index in [1.54, 1.807) is 0 Å². The molecule has 0 aromatic rings. The highest BCUT2D eigenvalue weighted by atomic mass is 16.3. The smallest absolute Gasteiger partial charge is 0.133 e. The number of ketones is 1. The molecular weight excluding hydrogens is 288 g/mol. The first-order valence-electron chi connectivity index (χ1n) is 9.54. The van der Waals surface area contributed by atoms with Gasteiger partial charge in [0.25, 0.3) is 0 Å². The number of Topliss-reactive ketones (excluding diaryl/α,β-unsaturated/α-hetero) is 1. The molecule has 0 heterocycles. The second-order valence-electron chi connectivity index (χ2n) is 9.39. The first-order valence-corrected chi connectivity index (χ1v) is 9.54. The van der Waals surface area contributed by atoms with E-state index in [1.807, 2.05) is 6.92 Å². The molecule has 0 bridgehead atoms. The zero-order chi connectivity index (χ0) is 16.5. The summed E-state index contributed by atoms with van der Waals surface area (Å²) in [6.07, 6.45) is 9.50. The van der Waals surface area contributed by atoms with Crippen molar-refractivity contribution >= 4 is 12.1 Å². The molecule has 7 atom stereocenters. The van der Waals surface area contributed by atoms with Crippen molar-refractivity contribution in [3.8, 4) is 0 Å². The fourth-order valence-corrected chi connectivity index (χ4v) is 7.22. The minimum Gasteiger partial charge on any atom is -0.390 e. The van der Waals surface area contributed by atoms with Crippen LogP contribution >= 0.6 is 0 Å². The van der Waals surface area contributed by atoms with Crippen molar-refractivity contribution in [3.63, 3.8) is 0 Å². The Bertz CT molecular complexity index is 539. The molecule has 4 aliphatic carbocycles. The van der Waals surface area contributed by atoms with Gasteiger partial charge in [-0.25, -0.2) is 0 Å². The standard InChI is InChI=1S/C20H30O3/c1-18-8-6-17-15(16(18)7-9-19(18,2)23)4-3-13-11-14(22)5-10-20(13,17)12-21/h12-13,15-17,23H,3-11H2,1-2H3/t13?,15-,16-,17+,18-,19?,20+/m0/s1. The zero-order valence-corrected chi connectivity index (χ0v) is 14.5. The number of rotatable bonds is 1. The van der Waals surface area contributed by atoms with Gasteiger partial charge in [0.1, 0.15) is 12.1 Å². The Kier molecular flexibility index (Phi) is 3.37. The lowest BCUT2D eigenvalue weighted by atomic mass is 9.44. The van der Waals surface area contributed by atoms with E-state index in [4.69, 9.17) is 0 Å². The van der Waals surface area contributed by atoms with E-state index < -0.39 is 5.60 Å². The summed E-state index contributed by atoms with van der Waals surface area (Å²) in [5, 5.41) is 10.9. The Morgan fingerprint density at radius 2 is 1.78 bits per heavy atom. The number of hydrogen-bond acceptors (Lipinski definition) is 3. The number of fused-ring (bicyclic) bond motifs is 5. The quantitative estimate of drug-likeness (QED) is 0.753. The maximum absolute atomic E-state index is 12.2. The third-order valence-corrected chi connectivity index (χ3v) is 8.83. The molecule has 0 radical (unpaired) electrons. The third kappa shape index (κ3) is 1.92. The van der Waals surface area contributed by atoms with Crippen molar-refractivity contribution in [2.45, 2.75) is 77.2 Å². The summed E-state index contributed by atoms with van der Waals surface area (Å²) in [5.41, 5.74) is -0.793. The number of carbonyl (C=O) groups is 2. The molecule has 0 aliphatic heterocycles. The normalized spacial score (nSPS) is 55.7. The number of hydrogen-bond donors (Lipinski definition) is 1. The molecule has 128 valence electrons. The fraction of sp³-hybridized carbons (Fsp3) is 0.900. The summed E-state index contributed by atoms with van der Waals surface area (Å²) in [7, 11) is 0. The minimum absolute atomic E-state index is 0.00949. The van der Waals surface area contributed by atoms with Crippen LogP contribution in [0.2, 0.25) is 0 Å². The zero-order valence-electron chi connectivity index (χ0n) is 14.5. The molecule has 4 aliphatic rings. The molecule has 23 heavy (non-hydrogen) atoms. The molecule has 3 heteroatoms. The van der Waals surface area contributed by atoms with Crippen LogP contribution in [0.4, 0.5) is 0 Å². The van der Waals surface area contributed by atoms with Crippen molar-refractivity contribution in [3.05, 3.63) is 0 Å². The van der Waals surface area contributed by atoms with E-state index >= 15 is 0 Å². The summed E-state index contributed by atoms with van der Waals surface area (Å²) < 4.78 is 0. The highest BCUT2D eigenvalue weighted by Crippen LogP contribution is 2.67. The van der Waals surface area contributed by atoms with Gasteiger partial charge < -0.3 is 9.90 Å². The molecule has 0 aromatic heterocycles. The van der Waals surface area contributed by atoms with Crippen LogP contribution in [0.25, 0.3) is 0 Å². The lowest BCUT2D eigenvalue weighted by Crippen LogP contribution is -2.57. The second-order valence-corrected chi connectivity index (χ2v) is 9.39. The molecule has 4 fully saturated rings. The van der Waals surface area contributed by atoms with E-state index in [2.05, 4.69) is 6.92 Å². The Hall–Kier alpha value is -0.700. The van der Waals surface area contributed by atoms with Gasteiger partial charge >= 0.3 is 0 Å². The fourth-order valence-electron chi connectivity index (χ4n) is 7.22. The SMILES string of the molecule is CC1(O)CC[C@H]2[C@@H]3CCC4CC(=O)CC[C@]4(C=O)[C@@H]3CC[C@@]21C. The average molecular weight is 318 g/mol. The van der Waals surface area contributed by atoms with Crippen LogP contribution in [0.15, 0.2) is 0 Å². The van der Waals surface area contributed by atoms with Crippen molar-refractivity contribution < 1.29 is 14.7 Å². The van der Waals surface area contributed by atoms with Crippen LogP contribution in [0.1, 0.15) is 71.6 Å². The van der Waals surface area contributed by atoms with Crippen molar-refractivity contribution in [2.24, 2.45) is 34.5 Å². The van der Waals surface area contributed by atoms with Crippen LogP contribution < -0.4 is 0 Å². The van der Waals surface area contributed by atoms with Gasteiger partial charge in [0.05, 0.1) is 5.60 Å². The molecule has 3 nitrogen and oxygen atoms in total. The Labute approximate surface area is 139 Å². The van der Waals surface area contributed by atoms with Gasteiger partial charge in [-0.1, -0.05) is 6.92 Å². The number of aldehydes is 1. The highest BCUT2D eigenvalue weighted by molar-refractivity contribution is 5.82. The van der Waals surface area contributed by atoms with Gasteiger partial charge in [0.15, 0.2) is 0 Å². The molecule has 2 unspecified atom stereocenters. The molecule has 1 N–H and O–H groups in total. The van der Waals surface area contributed by atoms with E-state index in [1.165, 1.54) is 6.29 Å². The number of aliphatic hydroxyl groups is 1. The van der Waals surface area contributed by atoms with E-state index in [0.29, 0.717) is 36.4 Å². The van der Waals surface area contributed by atoms with Crippen molar-refractivity contribution in [1.82, 2.24) is 0 Å². The van der Waals surface area contributed by atoms with E-state index in [0.717, 1.165) is 44.9 Å². The lowest BCUT2D eigenvalue weighted by Gasteiger charge is -2.59. The Morgan fingerprint density at radius 1 is 1.04 bits per heavy atom. The Morgan fingerprint density at radius 3 is 2.52 bits per heavy atom. The van der Waals surface area contributed by atoms with E-state index in [-0.39, 0.29) is 16.7 Å². The van der Waals surface area contributed by atoms with Gasteiger partial charge in [0, 0.05) is 18.3 Å². The van der Waals surface area contributed by atoms with Crippen LogP contribution in [-0.2, 0) is 9.59 Å². The molecule has 4 rings (SSSR count). The van der Waals surface area contributed by atoms with Gasteiger partial charge in [-0.15, -0.1) is 0 Å². The van der Waals surface area contributed by atoms with Gasteiger partial charge in [-0.3, -0.25) is 4.79 Å². The van der Waals surface area contributed by atoms with Crippen LogP contribution in [0.3, 0.4) is 0 Å². The second kappa shape index (κ2) is 4.91.